The van der Waals surface area contributed by atoms with Crippen molar-refractivity contribution in [2.45, 2.75) is 46.1 Å². The van der Waals surface area contributed by atoms with Gasteiger partial charge in [-0.25, -0.2) is 14.2 Å². The van der Waals surface area contributed by atoms with E-state index in [4.69, 9.17) is 4.74 Å². The topological polar surface area (TPSA) is 91.4 Å². The number of allylic oxidation sites excluding steroid dienone is 2. The predicted octanol–water partition coefficient (Wildman–Crippen LogP) is 2.70. The molecular weight excluding hydrogens is 382 g/mol. The minimum atomic E-state index is -0.353. The summed E-state index contributed by atoms with van der Waals surface area (Å²) in [6.07, 6.45) is 8.42. The Hall–Kier alpha value is -3.29. The lowest BCUT2D eigenvalue weighted by Gasteiger charge is -2.28. The highest BCUT2D eigenvalue weighted by molar-refractivity contribution is 5.81. The van der Waals surface area contributed by atoms with Gasteiger partial charge in [-0.2, -0.15) is 10.2 Å². The van der Waals surface area contributed by atoms with Crippen LogP contribution in [0.3, 0.4) is 0 Å². The van der Waals surface area contributed by atoms with E-state index in [-0.39, 0.29) is 29.7 Å². The minimum absolute atomic E-state index is 0.0908. The van der Waals surface area contributed by atoms with Crippen LogP contribution in [0.1, 0.15) is 44.4 Å². The van der Waals surface area contributed by atoms with Gasteiger partial charge in [-0.1, -0.05) is 19.9 Å². The van der Waals surface area contributed by atoms with Gasteiger partial charge < -0.3 is 4.74 Å². The van der Waals surface area contributed by atoms with Gasteiger partial charge in [0.15, 0.2) is 17.2 Å². The van der Waals surface area contributed by atoms with Gasteiger partial charge in [0, 0.05) is 18.7 Å². The number of hydrogen-bond acceptors (Lipinski definition) is 6. The molecule has 0 saturated heterocycles. The SMILES string of the molecule is COc1cc(=O)n(CC(=O)Cc2ccn3ncnc3c2)nc1C1=CCC(C)(C)CC1. The molecule has 0 atom stereocenters. The Labute approximate surface area is 174 Å². The van der Waals surface area contributed by atoms with Gasteiger partial charge in [-0.05, 0) is 47.9 Å². The highest BCUT2D eigenvalue weighted by Crippen LogP contribution is 2.39. The van der Waals surface area contributed by atoms with Crippen molar-refractivity contribution in [3.8, 4) is 5.75 Å². The standard InChI is InChI=1S/C22H25N5O3/c1-22(2)7-4-16(5-8-22)21-18(30-3)12-20(29)27(25-21)13-17(28)10-15-6-9-26-19(11-15)23-14-24-26/h4,6,9,11-12,14H,5,7-8,10,13H2,1-3H3. The van der Waals surface area contributed by atoms with Crippen LogP contribution in [0, 0.1) is 5.41 Å². The van der Waals surface area contributed by atoms with Crippen LogP contribution in [0.15, 0.2) is 41.6 Å². The molecule has 3 heterocycles. The molecule has 4 rings (SSSR count). The largest absolute Gasteiger partial charge is 0.494 e. The van der Waals surface area contributed by atoms with Gasteiger partial charge in [0.1, 0.15) is 18.6 Å². The highest BCUT2D eigenvalue weighted by atomic mass is 16.5. The fourth-order valence-electron chi connectivity index (χ4n) is 3.68. The molecule has 8 heteroatoms. The van der Waals surface area contributed by atoms with Gasteiger partial charge in [0.25, 0.3) is 5.56 Å². The number of fused-ring (bicyclic) bond motifs is 1. The number of ether oxygens (including phenoxy) is 1. The first kappa shape index (κ1) is 20.0. The second-order valence-corrected chi connectivity index (χ2v) is 8.47. The van der Waals surface area contributed by atoms with Crippen molar-refractivity contribution >= 4 is 17.0 Å². The second-order valence-electron chi connectivity index (χ2n) is 8.47. The molecule has 0 amide bonds. The maximum absolute atomic E-state index is 12.6. The molecular formula is C22H25N5O3. The zero-order valence-electron chi connectivity index (χ0n) is 17.5. The van der Waals surface area contributed by atoms with E-state index in [1.807, 2.05) is 12.1 Å². The maximum atomic E-state index is 12.6. The summed E-state index contributed by atoms with van der Waals surface area (Å²) in [5, 5.41) is 8.55. The van der Waals surface area contributed by atoms with Crippen molar-refractivity contribution < 1.29 is 9.53 Å². The Morgan fingerprint density at radius 1 is 1.30 bits per heavy atom. The molecule has 1 aliphatic carbocycles. The summed E-state index contributed by atoms with van der Waals surface area (Å²) >= 11 is 0. The van der Waals surface area contributed by atoms with E-state index >= 15 is 0 Å². The molecule has 0 N–H and O–H groups in total. The third-order valence-corrected chi connectivity index (χ3v) is 5.53. The molecule has 0 unspecified atom stereocenters. The minimum Gasteiger partial charge on any atom is -0.494 e. The van der Waals surface area contributed by atoms with E-state index in [0.29, 0.717) is 17.1 Å². The summed E-state index contributed by atoms with van der Waals surface area (Å²) in [6, 6.07) is 5.05. The van der Waals surface area contributed by atoms with Crippen LogP contribution in [0.25, 0.3) is 11.2 Å². The molecule has 8 nitrogen and oxygen atoms in total. The molecule has 0 saturated carbocycles. The quantitative estimate of drug-likeness (QED) is 0.624. The van der Waals surface area contributed by atoms with E-state index < -0.39 is 0 Å². The fraction of sp³-hybridized carbons (Fsp3) is 0.409. The number of hydrogen-bond donors (Lipinski definition) is 0. The molecule has 0 bridgehead atoms. The molecule has 156 valence electrons. The molecule has 0 radical (unpaired) electrons. The fourth-order valence-corrected chi connectivity index (χ4v) is 3.68. The van der Waals surface area contributed by atoms with Crippen LogP contribution >= 0.6 is 0 Å². The average molecular weight is 407 g/mol. The van der Waals surface area contributed by atoms with E-state index in [1.165, 1.54) is 24.2 Å². The number of nitrogens with zero attached hydrogens (tertiary/aromatic N) is 5. The summed E-state index contributed by atoms with van der Waals surface area (Å²) < 4.78 is 8.27. The second kappa shape index (κ2) is 7.85. The first-order valence-electron chi connectivity index (χ1n) is 10.0. The highest BCUT2D eigenvalue weighted by Gasteiger charge is 2.25. The van der Waals surface area contributed by atoms with Crippen molar-refractivity contribution in [3.63, 3.8) is 0 Å². The van der Waals surface area contributed by atoms with Crippen molar-refractivity contribution in [2.75, 3.05) is 7.11 Å². The summed E-state index contributed by atoms with van der Waals surface area (Å²) in [7, 11) is 1.53. The number of methoxy groups -OCH3 is 1. The zero-order chi connectivity index (χ0) is 21.3. The number of Topliss-reactive ketones (excluding diaryl/α,β-unsaturated/α-hetero) is 1. The van der Waals surface area contributed by atoms with Crippen LogP contribution < -0.4 is 10.3 Å². The lowest BCUT2D eigenvalue weighted by Crippen LogP contribution is -2.28. The third-order valence-electron chi connectivity index (χ3n) is 5.53. The Bertz CT molecular complexity index is 1190. The first-order chi connectivity index (χ1) is 14.3. The van der Waals surface area contributed by atoms with Crippen molar-refractivity contribution in [2.24, 2.45) is 5.41 Å². The molecule has 1 aliphatic rings. The number of aromatic nitrogens is 5. The Kier molecular flexibility index (Phi) is 5.24. The molecule has 0 aromatic carbocycles. The van der Waals surface area contributed by atoms with E-state index in [0.717, 1.165) is 30.4 Å². The Balaban J connectivity index is 1.56. The molecule has 30 heavy (non-hydrogen) atoms. The summed E-state index contributed by atoms with van der Waals surface area (Å²) in [5.74, 6) is 0.343. The smallest absolute Gasteiger partial charge is 0.270 e. The average Bonchev–Trinajstić information content (AvgIpc) is 3.17. The molecule has 3 aromatic rings. The lowest BCUT2D eigenvalue weighted by atomic mass is 9.78. The number of pyridine rings is 1. The predicted molar refractivity (Wildman–Crippen MR) is 112 cm³/mol. The van der Waals surface area contributed by atoms with Gasteiger partial charge in [0.2, 0.25) is 0 Å². The number of carbonyl (C=O) groups excluding carboxylic acids is 1. The van der Waals surface area contributed by atoms with E-state index in [9.17, 15) is 9.59 Å². The van der Waals surface area contributed by atoms with Crippen LogP contribution in [0.4, 0.5) is 0 Å². The Morgan fingerprint density at radius 3 is 2.87 bits per heavy atom. The van der Waals surface area contributed by atoms with Crippen molar-refractivity contribution in [3.05, 3.63) is 58.4 Å². The first-order valence-corrected chi connectivity index (χ1v) is 10.0. The van der Waals surface area contributed by atoms with E-state index in [1.54, 1.807) is 10.7 Å². The molecule has 3 aromatic heterocycles. The normalized spacial score (nSPS) is 15.8. The van der Waals surface area contributed by atoms with Gasteiger partial charge in [0.05, 0.1) is 7.11 Å². The summed E-state index contributed by atoms with van der Waals surface area (Å²) in [5.41, 5.74) is 3.10. The summed E-state index contributed by atoms with van der Waals surface area (Å²) in [4.78, 5) is 29.3. The summed E-state index contributed by atoms with van der Waals surface area (Å²) in [6.45, 7) is 4.38. The van der Waals surface area contributed by atoms with Crippen LogP contribution in [-0.4, -0.2) is 37.3 Å². The zero-order valence-corrected chi connectivity index (χ0v) is 17.5. The molecule has 0 spiro atoms. The lowest BCUT2D eigenvalue weighted by molar-refractivity contribution is -0.119. The third kappa shape index (κ3) is 4.17. The Morgan fingerprint density at radius 2 is 2.13 bits per heavy atom. The number of ketones is 1. The molecule has 0 aliphatic heterocycles. The van der Waals surface area contributed by atoms with Crippen LogP contribution in [0.2, 0.25) is 0 Å². The van der Waals surface area contributed by atoms with Gasteiger partial charge in [-0.3, -0.25) is 9.59 Å². The van der Waals surface area contributed by atoms with E-state index in [2.05, 4.69) is 35.1 Å². The number of carbonyl (C=O) groups is 1. The monoisotopic (exact) mass is 407 g/mol. The number of rotatable bonds is 6. The van der Waals surface area contributed by atoms with Gasteiger partial charge in [-0.15, -0.1) is 0 Å². The van der Waals surface area contributed by atoms with Gasteiger partial charge >= 0.3 is 0 Å². The van der Waals surface area contributed by atoms with Crippen molar-refractivity contribution in [1.29, 1.82) is 0 Å². The van der Waals surface area contributed by atoms with Crippen LogP contribution in [-0.2, 0) is 17.8 Å². The van der Waals surface area contributed by atoms with Crippen LogP contribution in [0.5, 0.6) is 5.75 Å². The molecule has 0 fully saturated rings. The maximum Gasteiger partial charge on any atom is 0.270 e. The van der Waals surface area contributed by atoms with Crippen molar-refractivity contribution in [1.82, 2.24) is 24.4 Å².